The second kappa shape index (κ2) is 7.72. The molecule has 0 aliphatic carbocycles. The van der Waals surface area contributed by atoms with E-state index in [1.165, 1.54) is 5.56 Å². The maximum Gasteiger partial charge on any atom is 0.174 e. The second-order valence-corrected chi connectivity index (χ2v) is 7.74. The van der Waals surface area contributed by atoms with Crippen molar-refractivity contribution in [3.8, 4) is 5.69 Å². The number of nitrogens with one attached hydrogen (secondary N) is 1. The fourth-order valence-electron chi connectivity index (χ4n) is 4.08. The molecule has 6 heteroatoms. The average Bonchev–Trinajstić information content (AvgIpc) is 3.39. The highest BCUT2D eigenvalue weighted by Gasteiger charge is 2.42. The molecule has 1 N–H and O–H groups in total. The van der Waals surface area contributed by atoms with Crippen LogP contribution in [0.1, 0.15) is 29.0 Å². The molecule has 0 spiro atoms. The first-order chi connectivity index (χ1) is 14.7. The van der Waals surface area contributed by atoms with Gasteiger partial charge >= 0.3 is 0 Å². The molecular weight excluding hydrogens is 390 g/mol. The number of benzene rings is 1. The van der Waals surface area contributed by atoms with E-state index in [-0.39, 0.29) is 12.1 Å². The summed E-state index contributed by atoms with van der Waals surface area (Å²) in [5.41, 5.74) is 5.35. The molecule has 0 unspecified atom stereocenters. The van der Waals surface area contributed by atoms with Gasteiger partial charge in [-0.25, -0.2) is 0 Å². The number of aryl methyl sites for hydroxylation is 1. The third kappa shape index (κ3) is 3.25. The molecule has 1 aliphatic heterocycles. The minimum absolute atomic E-state index is 0.0654. The number of nitrogens with zero attached hydrogens (tertiary/aromatic N) is 4. The Bertz CT molecular complexity index is 1170. The summed E-state index contributed by atoms with van der Waals surface area (Å²) in [4.78, 5) is 11.1. The molecule has 1 aromatic carbocycles. The minimum Gasteiger partial charge on any atom is -0.351 e. The molecule has 1 aliphatic rings. The van der Waals surface area contributed by atoms with E-state index < -0.39 is 0 Å². The van der Waals surface area contributed by atoms with Crippen molar-refractivity contribution in [2.75, 3.05) is 4.90 Å². The largest absolute Gasteiger partial charge is 0.351 e. The van der Waals surface area contributed by atoms with E-state index in [9.17, 15) is 0 Å². The summed E-state index contributed by atoms with van der Waals surface area (Å²) < 4.78 is 2.17. The van der Waals surface area contributed by atoms with Gasteiger partial charge in [-0.05, 0) is 73.2 Å². The standard InChI is InChI=1S/C24H21N5S/c1-17-7-4-8-18(15-17)29-23(22(27-24(29)30)20-10-2-3-13-26-20)21-11-6-14-28(21)19-9-5-12-25-16-19/h2-16,22-23H,1H3,(H,27,30)/t22-,23-/m1/s1. The molecule has 4 heterocycles. The summed E-state index contributed by atoms with van der Waals surface area (Å²) in [5, 5.41) is 4.22. The third-order valence-electron chi connectivity index (χ3n) is 5.39. The van der Waals surface area contributed by atoms with E-state index in [1.807, 2.05) is 36.7 Å². The van der Waals surface area contributed by atoms with Gasteiger partial charge in [0.15, 0.2) is 5.11 Å². The lowest BCUT2D eigenvalue weighted by Crippen LogP contribution is -2.30. The van der Waals surface area contributed by atoms with Gasteiger partial charge < -0.3 is 14.8 Å². The highest BCUT2D eigenvalue weighted by atomic mass is 32.1. The number of hydrogen-bond acceptors (Lipinski definition) is 3. The van der Waals surface area contributed by atoms with Crippen LogP contribution in [-0.2, 0) is 0 Å². The fraction of sp³-hybridized carbons (Fsp3) is 0.125. The monoisotopic (exact) mass is 411 g/mol. The molecule has 148 valence electrons. The summed E-state index contributed by atoms with van der Waals surface area (Å²) in [5.74, 6) is 0. The van der Waals surface area contributed by atoms with E-state index in [2.05, 4.69) is 80.3 Å². The maximum atomic E-state index is 5.82. The van der Waals surface area contributed by atoms with Crippen LogP contribution in [-0.4, -0.2) is 19.6 Å². The predicted octanol–water partition coefficient (Wildman–Crippen LogP) is 4.75. The van der Waals surface area contributed by atoms with Gasteiger partial charge in [0.05, 0.1) is 23.6 Å². The van der Waals surface area contributed by atoms with Crippen molar-refractivity contribution in [1.29, 1.82) is 0 Å². The number of anilines is 1. The lowest BCUT2D eigenvalue weighted by molar-refractivity contribution is 0.549. The van der Waals surface area contributed by atoms with Gasteiger partial charge in [0, 0.05) is 30.0 Å². The first kappa shape index (κ1) is 18.5. The van der Waals surface area contributed by atoms with E-state index >= 15 is 0 Å². The Morgan fingerprint density at radius 2 is 1.83 bits per heavy atom. The zero-order chi connectivity index (χ0) is 20.5. The fourth-order valence-corrected chi connectivity index (χ4v) is 4.42. The molecule has 0 amide bonds. The van der Waals surface area contributed by atoms with Crippen molar-refractivity contribution in [1.82, 2.24) is 19.9 Å². The van der Waals surface area contributed by atoms with Crippen LogP contribution in [0.15, 0.2) is 91.5 Å². The smallest absolute Gasteiger partial charge is 0.174 e. The van der Waals surface area contributed by atoms with Crippen molar-refractivity contribution < 1.29 is 0 Å². The van der Waals surface area contributed by atoms with Crippen LogP contribution in [0.2, 0.25) is 0 Å². The number of rotatable bonds is 4. The molecule has 5 nitrogen and oxygen atoms in total. The minimum atomic E-state index is -0.0791. The normalized spacial score (nSPS) is 18.4. The Morgan fingerprint density at radius 3 is 2.60 bits per heavy atom. The number of aromatic nitrogens is 3. The van der Waals surface area contributed by atoms with Gasteiger partial charge in [0.25, 0.3) is 0 Å². The Labute approximate surface area is 181 Å². The quantitative estimate of drug-likeness (QED) is 0.491. The van der Waals surface area contributed by atoms with Crippen LogP contribution in [0.4, 0.5) is 5.69 Å². The predicted molar refractivity (Wildman–Crippen MR) is 123 cm³/mol. The molecule has 30 heavy (non-hydrogen) atoms. The average molecular weight is 412 g/mol. The molecular formula is C24H21N5S. The van der Waals surface area contributed by atoms with Crippen LogP contribution in [0.3, 0.4) is 0 Å². The lowest BCUT2D eigenvalue weighted by Gasteiger charge is -2.29. The first-order valence-corrected chi connectivity index (χ1v) is 10.3. The van der Waals surface area contributed by atoms with Gasteiger partial charge in [-0.3, -0.25) is 9.97 Å². The number of hydrogen-bond donors (Lipinski definition) is 1. The lowest BCUT2D eigenvalue weighted by atomic mass is 10.0. The number of thiocarbonyl (C=S) groups is 1. The van der Waals surface area contributed by atoms with Crippen LogP contribution in [0, 0.1) is 6.92 Å². The summed E-state index contributed by atoms with van der Waals surface area (Å²) in [6, 6.07) is 22.5. The molecule has 0 saturated carbocycles. The molecule has 1 saturated heterocycles. The Morgan fingerprint density at radius 1 is 0.933 bits per heavy atom. The highest BCUT2D eigenvalue weighted by molar-refractivity contribution is 7.80. The Balaban J connectivity index is 1.68. The van der Waals surface area contributed by atoms with Crippen molar-refractivity contribution in [2.45, 2.75) is 19.0 Å². The van der Waals surface area contributed by atoms with E-state index in [4.69, 9.17) is 12.2 Å². The highest BCUT2D eigenvalue weighted by Crippen LogP contribution is 2.42. The van der Waals surface area contributed by atoms with Gasteiger partial charge in [0.1, 0.15) is 6.04 Å². The molecule has 0 radical (unpaired) electrons. The van der Waals surface area contributed by atoms with Crippen molar-refractivity contribution in [3.63, 3.8) is 0 Å². The van der Waals surface area contributed by atoms with Crippen LogP contribution >= 0.6 is 12.2 Å². The van der Waals surface area contributed by atoms with E-state index in [0.717, 1.165) is 22.8 Å². The van der Waals surface area contributed by atoms with E-state index in [1.54, 1.807) is 6.20 Å². The summed E-state index contributed by atoms with van der Waals surface area (Å²) in [6.45, 7) is 2.10. The van der Waals surface area contributed by atoms with Gasteiger partial charge in [0.2, 0.25) is 0 Å². The van der Waals surface area contributed by atoms with Crippen LogP contribution < -0.4 is 10.2 Å². The summed E-state index contributed by atoms with van der Waals surface area (Å²) >= 11 is 5.82. The maximum absolute atomic E-state index is 5.82. The zero-order valence-corrected chi connectivity index (χ0v) is 17.3. The molecule has 4 aromatic rings. The molecule has 1 fully saturated rings. The van der Waals surface area contributed by atoms with Crippen molar-refractivity contribution in [2.24, 2.45) is 0 Å². The molecule has 2 atom stereocenters. The van der Waals surface area contributed by atoms with E-state index in [0.29, 0.717) is 5.11 Å². The molecule has 3 aromatic heterocycles. The Kier molecular flexibility index (Phi) is 4.77. The van der Waals surface area contributed by atoms with Gasteiger partial charge in [-0.15, -0.1) is 0 Å². The topological polar surface area (TPSA) is 46.0 Å². The van der Waals surface area contributed by atoms with Crippen LogP contribution in [0.25, 0.3) is 5.69 Å². The first-order valence-electron chi connectivity index (χ1n) is 9.87. The second-order valence-electron chi connectivity index (χ2n) is 7.35. The zero-order valence-electron chi connectivity index (χ0n) is 16.5. The summed E-state index contributed by atoms with van der Waals surface area (Å²) in [7, 11) is 0. The van der Waals surface area contributed by atoms with Gasteiger partial charge in [-0.1, -0.05) is 18.2 Å². The SMILES string of the molecule is Cc1cccc(N2C(=S)N[C@H](c3ccccn3)[C@H]2c2cccn2-c2cccnc2)c1. The number of pyridine rings is 2. The molecule has 5 rings (SSSR count). The van der Waals surface area contributed by atoms with Crippen LogP contribution in [0.5, 0.6) is 0 Å². The van der Waals surface area contributed by atoms with Crippen molar-refractivity contribution in [3.05, 3.63) is 108 Å². The van der Waals surface area contributed by atoms with Gasteiger partial charge in [-0.2, -0.15) is 0 Å². The Hall–Kier alpha value is -3.51. The third-order valence-corrected chi connectivity index (χ3v) is 5.70. The van der Waals surface area contributed by atoms with Crippen molar-refractivity contribution >= 4 is 23.0 Å². The summed E-state index contributed by atoms with van der Waals surface area (Å²) in [6.07, 6.45) is 7.55. The molecule has 0 bridgehead atoms.